The highest BCUT2D eigenvalue weighted by Crippen LogP contribution is 2.39. The molecule has 0 fully saturated rings. The van der Waals surface area contributed by atoms with Gasteiger partial charge in [0.2, 0.25) is 0 Å². The number of hydrogen-bond acceptors (Lipinski definition) is 3. The third-order valence-corrected chi connectivity index (χ3v) is 5.06. The first-order valence-corrected chi connectivity index (χ1v) is 8.63. The summed E-state index contributed by atoms with van der Waals surface area (Å²) >= 11 is 0. The van der Waals surface area contributed by atoms with E-state index in [-0.39, 0.29) is 5.43 Å². The first kappa shape index (κ1) is 14.9. The van der Waals surface area contributed by atoms with Crippen LogP contribution in [0.2, 0.25) is 0 Å². The van der Waals surface area contributed by atoms with Crippen molar-refractivity contribution in [1.82, 2.24) is 9.55 Å². The minimum Gasteiger partial charge on any atom is -0.341 e. The van der Waals surface area contributed by atoms with E-state index in [0.29, 0.717) is 6.42 Å². The Morgan fingerprint density at radius 3 is 2.54 bits per heavy atom. The van der Waals surface area contributed by atoms with Crippen molar-refractivity contribution in [3.63, 3.8) is 0 Å². The number of rotatable bonds is 2. The molecule has 0 unspecified atom stereocenters. The molecule has 0 bridgehead atoms. The summed E-state index contributed by atoms with van der Waals surface area (Å²) in [6.45, 7) is 0. The molecule has 1 aliphatic rings. The molecule has 1 aliphatic heterocycles. The topological polar surface area (TPSA) is 38.1 Å². The van der Waals surface area contributed by atoms with Gasteiger partial charge in [0.25, 0.3) is 0 Å². The van der Waals surface area contributed by atoms with Crippen molar-refractivity contribution in [1.29, 1.82) is 0 Å². The smallest absolute Gasteiger partial charge is 0.193 e. The lowest BCUT2D eigenvalue weighted by molar-refractivity contribution is 1.00. The quantitative estimate of drug-likeness (QED) is 0.553. The summed E-state index contributed by atoms with van der Waals surface area (Å²) in [5.41, 5.74) is 6.14. The van der Waals surface area contributed by atoms with E-state index in [0.717, 1.165) is 39.1 Å². The van der Waals surface area contributed by atoms with E-state index < -0.39 is 0 Å². The maximum Gasteiger partial charge on any atom is 0.193 e. The van der Waals surface area contributed by atoms with Crippen LogP contribution in [0.3, 0.4) is 0 Å². The predicted molar refractivity (Wildman–Crippen MR) is 105 cm³/mol. The summed E-state index contributed by atoms with van der Waals surface area (Å²) in [6.07, 6.45) is 6.13. The van der Waals surface area contributed by atoms with Gasteiger partial charge in [-0.25, -0.2) is 0 Å². The first-order valence-electron chi connectivity index (χ1n) is 8.63. The van der Waals surface area contributed by atoms with E-state index in [9.17, 15) is 4.79 Å². The van der Waals surface area contributed by atoms with Crippen LogP contribution >= 0.6 is 0 Å². The molecule has 3 heterocycles. The van der Waals surface area contributed by atoms with Crippen molar-refractivity contribution < 1.29 is 0 Å². The van der Waals surface area contributed by atoms with Gasteiger partial charge in [-0.15, -0.1) is 0 Å². The van der Waals surface area contributed by atoms with Crippen LogP contribution < -0.4 is 10.3 Å². The minimum atomic E-state index is 0.0923. The maximum atomic E-state index is 13.1. The molecule has 5 rings (SSSR count). The van der Waals surface area contributed by atoms with Gasteiger partial charge in [0, 0.05) is 43.0 Å². The van der Waals surface area contributed by atoms with E-state index >= 15 is 0 Å². The number of fused-ring (bicyclic) bond motifs is 2. The lowest BCUT2D eigenvalue weighted by Gasteiger charge is -2.31. The normalized spacial score (nSPS) is 12.3. The van der Waals surface area contributed by atoms with Crippen molar-refractivity contribution in [2.24, 2.45) is 0 Å². The number of nitrogens with zero attached hydrogens (tertiary/aromatic N) is 3. The SMILES string of the molecule is CN1c2ccccc2-n2cc(Cc3cccnc3)c(=O)c3cccc1c32. The molecule has 0 atom stereocenters. The molecule has 0 N–H and O–H groups in total. The fourth-order valence-corrected chi connectivity index (χ4v) is 3.81. The number of aromatic nitrogens is 2. The summed E-state index contributed by atoms with van der Waals surface area (Å²) < 4.78 is 2.16. The second-order valence-corrected chi connectivity index (χ2v) is 6.61. The van der Waals surface area contributed by atoms with Crippen molar-refractivity contribution in [2.45, 2.75) is 6.42 Å². The van der Waals surface area contributed by atoms with Gasteiger partial charge in [0.1, 0.15) is 0 Å². The summed E-state index contributed by atoms with van der Waals surface area (Å²) in [6, 6.07) is 18.1. The zero-order chi connectivity index (χ0) is 17.7. The number of hydrogen-bond donors (Lipinski definition) is 0. The van der Waals surface area contributed by atoms with Crippen LogP contribution in [-0.2, 0) is 6.42 Å². The molecule has 126 valence electrons. The lowest BCUT2D eigenvalue weighted by atomic mass is 10.0. The average molecular weight is 339 g/mol. The molecule has 0 aliphatic carbocycles. The third-order valence-electron chi connectivity index (χ3n) is 5.06. The van der Waals surface area contributed by atoms with Crippen LogP contribution in [0.15, 0.2) is 78.0 Å². The molecule has 4 aromatic rings. The molecule has 0 spiro atoms. The van der Waals surface area contributed by atoms with Gasteiger partial charge in [-0.1, -0.05) is 24.3 Å². The van der Waals surface area contributed by atoms with Gasteiger partial charge < -0.3 is 9.47 Å². The Labute approximate surface area is 151 Å². The largest absolute Gasteiger partial charge is 0.341 e. The Hall–Kier alpha value is -3.40. The zero-order valence-corrected chi connectivity index (χ0v) is 14.4. The Kier molecular flexibility index (Phi) is 3.19. The minimum absolute atomic E-state index is 0.0923. The van der Waals surface area contributed by atoms with E-state index in [1.165, 1.54) is 0 Å². The van der Waals surface area contributed by atoms with Crippen LogP contribution in [0.4, 0.5) is 11.4 Å². The number of anilines is 2. The molecule has 26 heavy (non-hydrogen) atoms. The molecule has 2 aromatic carbocycles. The summed E-state index contributed by atoms with van der Waals surface area (Å²) in [7, 11) is 2.05. The zero-order valence-electron chi connectivity index (χ0n) is 14.4. The van der Waals surface area contributed by atoms with E-state index in [1.54, 1.807) is 6.20 Å². The van der Waals surface area contributed by atoms with Gasteiger partial charge in [-0.05, 0) is 35.9 Å². The van der Waals surface area contributed by atoms with Crippen LogP contribution in [0.1, 0.15) is 11.1 Å². The Morgan fingerprint density at radius 2 is 1.73 bits per heavy atom. The van der Waals surface area contributed by atoms with Gasteiger partial charge in [0.05, 0.1) is 22.6 Å². The van der Waals surface area contributed by atoms with Crippen LogP contribution in [0.25, 0.3) is 16.6 Å². The number of benzene rings is 2. The molecule has 4 nitrogen and oxygen atoms in total. The molecular formula is C22H17N3O. The fraction of sp³-hybridized carbons (Fsp3) is 0.0909. The van der Waals surface area contributed by atoms with Gasteiger partial charge >= 0.3 is 0 Å². The number of para-hydroxylation sites is 3. The monoisotopic (exact) mass is 339 g/mol. The Bertz CT molecular complexity index is 1200. The standard InChI is InChI=1S/C22H17N3O/c1-24-18-8-2-3-9-19(18)25-14-16(12-15-6-5-11-23-13-15)22(26)17-7-4-10-20(24)21(17)25/h2-11,13-14H,12H2,1H3. The van der Waals surface area contributed by atoms with E-state index in [2.05, 4.69) is 32.7 Å². The molecule has 0 saturated carbocycles. The lowest BCUT2D eigenvalue weighted by Crippen LogP contribution is -2.23. The van der Waals surface area contributed by atoms with Crippen LogP contribution in [0, 0.1) is 0 Å². The van der Waals surface area contributed by atoms with Crippen molar-refractivity contribution in [3.05, 3.63) is 94.5 Å². The molecule has 2 aromatic heterocycles. The fourth-order valence-electron chi connectivity index (χ4n) is 3.81. The van der Waals surface area contributed by atoms with Crippen LogP contribution in [0.5, 0.6) is 0 Å². The summed E-state index contributed by atoms with van der Waals surface area (Å²) in [5.74, 6) is 0. The average Bonchev–Trinajstić information content (AvgIpc) is 2.69. The van der Waals surface area contributed by atoms with Crippen LogP contribution in [-0.4, -0.2) is 16.6 Å². The summed E-state index contributed by atoms with van der Waals surface area (Å²) in [4.78, 5) is 19.5. The molecule has 0 radical (unpaired) electrons. The molecular weight excluding hydrogens is 322 g/mol. The van der Waals surface area contributed by atoms with Gasteiger partial charge in [-0.3, -0.25) is 9.78 Å². The third kappa shape index (κ3) is 2.09. The van der Waals surface area contributed by atoms with E-state index in [1.807, 2.05) is 55.8 Å². The predicted octanol–water partition coefficient (Wildman–Crippen LogP) is 4.06. The second kappa shape index (κ2) is 5.56. The maximum absolute atomic E-state index is 13.1. The molecule has 0 saturated heterocycles. The highest BCUT2D eigenvalue weighted by atomic mass is 16.1. The van der Waals surface area contributed by atoms with Gasteiger partial charge in [-0.2, -0.15) is 0 Å². The molecule has 0 amide bonds. The molecule has 4 heteroatoms. The van der Waals surface area contributed by atoms with Crippen molar-refractivity contribution in [3.8, 4) is 5.69 Å². The Balaban J connectivity index is 1.83. The second-order valence-electron chi connectivity index (χ2n) is 6.61. The highest BCUT2D eigenvalue weighted by molar-refractivity contribution is 5.98. The van der Waals surface area contributed by atoms with Crippen molar-refractivity contribution in [2.75, 3.05) is 11.9 Å². The summed E-state index contributed by atoms with van der Waals surface area (Å²) in [5, 5.41) is 0.755. The highest BCUT2D eigenvalue weighted by Gasteiger charge is 2.23. The van der Waals surface area contributed by atoms with Gasteiger partial charge in [0.15, 0.2) is 5.43 Å². The van der Waals surface area contributed by atoms with E-state index in [4.69, 9.17) is 0 Å². The van der Waals surface area contributed by atoms with Crippen molar-refractivity contribution >= 4 is 22.3 Å². The first-order chi connectivity index (χ1) is 12.7. The Morgan fingerprint density at radius 1 is 0.923 bits per heavy atom. The number of pyridine rings is 2.